The summed E-state index contributed by atoms with van der Waals surface area (Å²) in [6.07, 6.45) is 1.46. The van der Waals surface area contributed by atoms with Gasteiger partial charge in [0.25, 0.3) is 0 Å². The van der Waals surface area contributed by atoms with Crippen LogP contribution in [0.5, 0.6) is 5.88 Å². The van der Waals surface area contributed by atoms with Crippen molar-refractivity contribution in [3.8, 4) is 5.88 Å². The molecule has 0 radical (unpaired) electrons. The average molecular weight is 322 g/mol. The number of fused-ring (bicyclic) bond motifs is 1. The number of aromatic hydroxyl groups is 1. The molecule has 8 heteroatoms. The van der Waals surface area contributed by atoms with Crippen molar-refractivity contribution >= 4 is 27.6 Å². The normalized spacial score (nSPS) is 18.3. The Morgan fingerprint density at radius 3 is 2.90 bits per heavy atom. The molecule has 4 rings (SSSR count). The fourth-order valence-corrected chi connectivity index (χ4v) is 4.44. The van der Waals surface area contributed by atoms with Crippen LogP contribution >= 0.6 is 22.7 Å². The first kappa shape index (κ1) is 13.2. The lowest BCUT2D eigenvalue weighted by Gasteiger charge is -2.33. The van der Waals surface area contributed by atoms with Gasteiger partial charge in [0.1, 0.15) is 6.33 Å². The van der Waals surface area contributed by atoms with Gasteiger partial charge >= 0.3 is 0 Å². The number of thiophene rings is 1. The van der Waals surface area contributed by atoms with Crippen LogP contribution in [0.4, 0.5) is 0 Å². The summed E-state index contributed by atoms with van der Waals surface area (Å²) in [5.41, 5.74) is 1.20. The van der Waals surface area contributed by atoms with Crippen LogP contribution in [-0.4, -0.2) is 50.9 Å². The van der Waals surface area contributed by atoms with Crippen LogP contribution in [-0.2, 0) is 4.74 Å². The summed E-state index contributed by atoms with van der Waals surface area (Å²) >= 11 is 3.16. The van der Waals surface area contributed by atoms with Gasteiger partial charge in [-0.15, -0.1) is 0 Å². The summed E-state index contributed by atoms with van der Waals surface area (Å²) in [5, 5.41) is 18.8. The molecule has 1 N–H and O–H groups in total. The van der Waals surface area contributed by atoms with Crippen molar-refractivity contribution in [3.05, 3.63) is 33.6 Å². The smallest absolute Gasteiger partial charge is 0.230 e. The van der Waals surface area contributed by atoms with Gasteiger partial charge in [-0.1, -0.05) is 11.3 Å². The largest absolute Gasteiger partial charge is 0.492 e. The Balaban J connectivity index is 1.81. The number of thiazole rings is 1. The zero-order valence-corrected chi connectivity index (χ0v) is 12.8. The minimum absolute atomic E-state index is 0.0358. The molecule has 1 unspecified atom stereocenters. The first-order valence-corrected chi connectivity index (χ1v) is 8.46. The highest BCUT2D eigenvalue weighted by Gasteiger charge is 2.30. The molecular formula is C13H14N4O2S2. The standard InChI is InChI=1S/C13H14N4O2S2/c18-12-11(21-13-14-8-15-17(12)13)10(9-1-6-20-7-9)16-2-4-19-5-3-16/h1,6-8,10,18H,2-5H2. The minimum Gasteiger partial charge on any atom is -0.492 e. The second-order valence-electron chi connectivity index (χ2n) is 4.85. The maximum atomic E-state index is 10.5. The molecule has 110 valence electrons. The van der Waals surface area contributed by atoms with Gasteiger partial charge in [0, 0.05) is 13.1 Å². The highest BCUT2D eigenvalue weighted by Crippen LogP contribution is 2.40. The van der Waals surface area contributed by atoms with E-state index >= 15 is 0 Å². The van der Waals surface area contributed by atoms with Crippen LogP contribution in [0.1, 0.15) is 16.5 Å². The Hall–Kier alpha value is -1.48. The average Bonchev–Trinajstić information content (AvgIpc) is 3.22. The van der Waals surface area contributed by atoms with Crippen LogP contribution in [0, 0.1) is 0 Å². The fourth-order valence-electron chi connectivity index (χ4n) is 2.67. The zero-order valence-electron chi connectivity index (χ0n) is 11.2. The van der Waals surface area contributed by atoms with Crippen molar-refractivity contribution in [1.82, 2.24) is 19.5 Å². The van der Waals surface area contributed by atoms with Gasteiger partial charge in [-0.2, -0.15) is 21.0 Å². The number of morpholine rings is 1. The van der Waals surface area contributed by atoms with Crippen molar-refractivity contribution < 1.29 is 9.84 Å². The van der Waals surface area contributed by atoms with E-state index in [0.29, 0.717) is 0 Å². The second-order valence-corrected chi connectivity index (χ2v) is 6.64. The molecule has 1 aliphatic heterocycles. The zero-order chi connectivity index (χ0) is 14.2. The third kappa shape index (κ3) is 2.24. The molecular weight excluding hydrogens is 308 g/mol. The highest BCUT2D eigenvalue weighted by molar-refractivity contribution is 7.17. The summed E-state index contributed by atoms with van der Waals surface area (Å²) in [4.78, 5) is 8.14. The first-order valence-electron chi connectivity index (χ1n) is 6.70. The lowest BCUT2D eigenvalue weighted by molar-refractivity contribution is 0.0242. The van der Waals surface area contributed by atoms with Crippen molar-refractivity contribution in [3.63, 3.8) is 0 Å². The van der Waals surface area contributed by atoms with Gasteiger partial charge in [0.15, 0.2) is 0 Å². The number of nitrogens with zero attached hydrogens (tertiary/aromatic N) is 4. The van der Waals surface area contributed by atoms with Crippen LogP contribution in [0.15, 0.2) is 23.2 Å². The SMILES string of the molecule is Oc1c(C(c2ccsc2)N2CCOCC2)sc2ncnn12. The molecule has 0 aromatic carbocycles. The lowest BCUT2D eigenvalue weighted by atomic mass is 10.1. The molecule has 21 heavy (non-hydrogen) atoms. The first-order chi connectivity index (χ1) is 10.3. The highest BCUT2D eigenvalue weighted by atomic mass is 32.1. The van der Waals surface area contributed by atoms with Crippen molar-refractivity contribution in [2.75, 3.05) is 26.3 Å². The predicted molar refractivity (Wildman–Crippen MR) is 81.1 cm³/mol. The predicted octanol–water partition coefficient (Wildman–Crippen LogP) is 1.98. The molecule has 0 bridgehead atoms. The Labute approximate surface area is 129 Å². The van der Waals surface area contributed by atoms with Gasteiger partial charge < -0.3 is 9.84 Å². The van der Waals surface area contributed by atoms with Gasteiger partial charge in [-0.3, -0.25) is 4.90 Å². The summed E-state index contributed by atoms with van der Waals surface area (Å²) < 4.78 is 6.95. The molecule has 6 nitrogen and oxygen atoms in total. The Bertz CT molecular complexity index is 731. The number of hydrogen-bond donors (Lipinski definition) is 1. The number of rotatable bonds is 3. The summed E-state index contributed by atoms with van der Waals surface area (Å²) in [6.45, 7) is 3.16. The third-order valence-corrected chi connectivity index (χ3v) is 5.44. The summed E-state index contributed by atoms with van der Waals surface area (Å²) in [6, 6.07) is 2.15. The van der Waals surface area contributed by atoms with Crippen molar-refractivity contribution in [1.29, 1.82) is 0 Å². The van der Waals surface area contributed by atoms with Gasteiger partial charge in [-0.25, -0.2) is 4.98 Å². The third-order valence-electron chi connectivity index (χ3n) is 3.66. The minimum atomic E-state index is 0.0358. The molecule has 4 heterocycles. The second kappa shape index (κ2) is 5.38. The van der Waals surface area contributed by atoms with E-state index in [2.05, 4.69) is 31.8 Å². The van der Waals surface area contributed by atoms with Crippen molar-refractivity contribution in [2.24, 2.45) is 0 Å². The Kier molecular flexibility index (Phi) is 3.38. The molecule has 1 aliphatic rings. The van der Waals surface area contributed by atoms with E-state index in [0.717, 1.165) is 36.1 Å². The molecule has 0 aliphatic carbocycles. The Morgan fingerprint density at radius 1 is 1.33 bits per heavy atom. The summed E-state index contributed by atoms with van der Waals surface area (Å²) in [7, 11) is 0. The molecule has 0 amide bonds. The van der Waals surface area contributed by atoms with Crippen LogP contribution in [0.2, 0.25) is 0 Å². The molecule has 1 saturated heterocycles. The number of aromatic nitrogens is 3. The molecule has 0 saturated carbocycles. The topological polar surface area (TPSA) is 62.9 Å². The van der Waals surface area contributed by atoms with E-state index in [4.69, 9.17) is 4.74 Å². The lowest BCUT2D eigenvalue weighted by Crippen LogP contribution is -2.39. The maximum Gasteiger partial charge on any atom is 0.230 e. The molecule has 0 spiro atoms. The quantitative estimate of drug-likeness (QED) is 0.799. The number of hydrogen-bond acceptors (Lipinski definition) is 7. The van der Waals surface area contributed by atoms with Gasteiger partial charge in [0.05, 0.1) is 24.1 Å². The van der Waals surface area contributed by atoms with E-state index in [1.807, 2.05) is 0 Å². The van der Waals surface area contributed by atoms with E-state index < -0.39 is 0 Å². The van der Waals surface area contributed by atoms with Gasteiger partial charge in [-0.05, 0) is 22.4 Å². The summed E-state index contributed by atoms with van der Waals surface area (Å²) in [5.74, 6) is 0.190. The molecule has 3 aromatic heterocycles. The molecule has 3 aromatic rings. The van der Waals surface area contributed by atoms with Crippen LogP contribution in [0.3, 0.4) is 0 Å². The Morgan fingerprint density at radius 2 is 2.19 bits per heavy atom. The molecule has 1 atom stereocenters. The van der Waals surface area contributed by atoms with Crippen molar-refractivity contribution in [2.45, 2.75) is 6.04 Å². The van der Waals surface area contributed by atoms with Crippen LogP contribution in [0.25, 0.3) is 4.96 Å². The van der Waals surface area contributed by atoms with E-state index in [9.17, 15) is 5.11 Å². The van der Waals surface area contributed by atoms with E-state index in [1.54, 1.807) is 11.3 Å². The number of ether oxygens (including phenoxy) is 1. The van der Waals surface area contributed by atoms with Crippen LogP contribution < -0.4 is 0 Å². The van der Waals surface area contributed by atoms with Gasteiger partial charge in [0.2, 0.25) is 10.8 Å². The molecule has 1 fully saturated rings. The van der Waals surface area contributed by atoms with E-state index in [-0.39, 0.29) is 11.9 Å². The monoisotopic (exact) mass is 322 g/mol. The maximum absolute atomic E-state index is 10.5. The fraction of sp³-hybridized carbons (Fsp3) is 0.385. The van der Waals surface area contributed by atoms with E-state index in [1.165, 1.54) is 27.7 Å².